The number of aryl methyl sites for hydroxylation is 3. The number of rotatable bonds is 2. The Kier molecular flexibility index (Phi) is 5.76. The van der Waals surface area contributed by atoms with E-state index in [1.165, 1.54) is 26.5 Å². The second kappa shape index (κ2) is 7.41. The molecule has 1 heterocycles. The van der Waals surface area contributed by atoms with Crippen molar-refractivity contribution in [3.63, 3.8) is 0 Å². The Morgan fingerprint density at radius 2 is 1.65 bits per heavy atom. The maximum atomic E-state index is 10.4. The molecule has 0 amide bonds. The van der Waals surface area contributed by atoms with Crippen molar-refractivity contribution in [1.82, 2.24) is 0 Å². The van der Waals surface area contributed by atoms with Crippen molar-refractivity contribution in [2.45, 2.75) is 32.2 Å². The molecule has 0 saturated heterocycles. The number of para-hydroxylation sites is 1. The summed E-state index contributed by atoms with van der Waals surface area (Å²) < 4.78 is 36.6. The van der Waals surface area contributed by atoms with Crippen LogP contribution in [-0.4, -0.2) is 27.5 Å². The van der Waals surface area contributed by atoms with Crippen LogP contribution in [0.15, 0.2) is 53.4 Å². The quantitative estimate of drug-likeness (QED) is 0.380. The molecule has 0 unspecified atom stereocenters. The maximum absolute atomic E-state index is 10.4. The third-order valence-electron chi connectivity index (χ3n) is 3.42. The minimum Gasteiger partial charge on any atom is -0.744 e. The summed E-state index contributed by atoms with van der Waals surface area (Å²) in [5.41, 5.74) is 2.36. The smallest absolute Gasteiger partial charge is 0.124 e. The average molecular weight is 396 g/mol. The Balaban J connectivity index is 0.000000168. The molecule has 0 radical (unpaired) electrons. The van der Waals surface area contributed by atoms with Gasteiger partial charge in [0.15, 0.2) is 0 Å². The molecule has 0 atom stereocenters. The first-order valence-electron chi connectivity index (χ1n) is 7.23. The second-order valence-corrected chi connectivity index (χ2v) is 9.07. The Hall–Kier alpha value is -1.46. The first-order valence-corrected chi connectivity index (χ1v) is 10.4. The van der Waals surface area contributed by atoms with Crippen molar-refractivity contribution < 1.29 is 17.5 Å². The summed E-state index contributed by atoms with van der Waals surface area (Å²) in [7, 11) is -4.27. The molecule has 3 rings (SSSR count). The number of hydrogen-bond acceptors (Lipinski definition) is 3. The van der Waals surface area contributed by atoms with E-state index in [1.807, 2.05) is 6.92 Å². The van der Waals surface area contributed by atoms with Gasteiger partial charge in [-0.3, -0.25) is 0 Å². The van der Waals surface area contributed by atoms with Crippen LogP contribution < -0.4 is 4.57 Å². The van der Waals surface area contributed by atoms with Crippen LogP contribution in [0.5, 0.6) is 0 Å². The van der Waals surface area contributed by atoms with Gasteiger partial charge in [0.1, 0.15) is 10.1 Å². The van der Waals surface area contributed by atoms with Gasteiger partial charge in [0.05, 0.1) is 4.90 Å². The summed E-state index contributed by atoms with van der Waals surface area (Å²) in [6.07, 6.45) is 0. The van der Waals surface area contributed by atoms with Crippen molar-refractivity contribution in [2.75, 3.05) is 0 Å². The summed E-state index contributed by atoms with van der Waals surface area (Å²) >= 11 is 0.576. The number of aromatic nitrogens is 1. The Bertz CT molecular complexity index is 899. The van der Waals surface area contributed by atoms with Gasteiger partial charge in [-0.1, -0.05) is 17.7 Å². The molecule has 4 nitrogen and oxygen atoms in total. The molecule has 122 valence electrons. The van der Waals surface area contributed by atoms with E-state index >= 15 is 0 Å². The molecule has 0 fully saturated rings. The van der Waals surface area contributed by atoms with Gasteiger partial charge in [-0.2, -0.15) is 0 Å². The van der Waals surface area contributed by atoms with Crippen LogP contribution in [0.4, 0.5) is 0 Å². The topological polar surface area (TPSA) is 61.1 Å². The minimum absolute atomic E-state index is 0.178. The average Bonchev–Trinajstić information content (AvgIpc) is 2.82. The fourth-order valence-corrected chi connectivity index (χ4v) is 4.99. The van der Waals surface area contributed by atoms with Crippen LogP contribution >= 0.6 is 0 Å². The van der Waals surface area contributed by atoms with E-state index in [0.29, 0.717) is 14.5 Å². The van der Waals surface area contributed by atoms with Crippen LogP contribution in [0.3, 0.4) is 0 Å². The van der Waals surface area contributed by atoms with Gasteiger partial charge < -0.3 is 4.55 Å². The van der Waals surface area contributed by atoms with Crippen molar-refractivity contribution in [1.29, 1.82) is 0 Å². The van der Waals surface area contributed by atoms with E-state index in [4.69, 9.17) is 0 Å². The normalized spacial score (nSPS) is 11.1. The first kappa shape index (κ1) is 17.9. The van der Waals surface area contributed by atoms with Crippen molar-refractivity contribution >= 4 is 34.4 Å². The largest absolute Gasteiger partial charge is 0.744 e. The summed E-state index contributed by atoms with van der Waals surface area (Å²) in [6, 6.07) is 14.5. The minimum atomic E-state index is -4.27. The second-order valence-electron chi connectivity index (χ2n) is 5.10. The maximum Gasteiger partial charge on any atom is 0.124 e. The van der Waals surface area contributed by atoms with Crippen LogP contribution in [0.1, 0.15) is 17.1 Å². The van der Waals surface area contributed by atoms with E-state index in [2.05, 4.69) is 42.7 Å². The zero-order chi connectivity index (χ0) is 17.0. The van der Waals surface area contributed by atoms with Gasteiger partial charge in [-0.05, 0) is 19.1 Å². The Labute approximate surface area is 142 Å². The third-order valence-corrected chi connectivity index (χ3v) is 6.54. The zero-order valence-electron chi connectivity index (χ0n) is 13.3. The number of benzene rings is 2. The van der Waals surface area contributed by atoms with Gasteiger partial charge in [-0.25, -0.2) is 8.42 Å². The molecule has 0 aliphatic carbocycles. The zero-order valence-corrected chi connectivity index (χ0v) is 15.8. The SMILES string of the molecule is CC[n+]1c(C)[se]c2ccccc21.Cc1ccc(S(=O)(=O)[O-])cc1. The van der Waals surface area contributed by atoms with Gasteiger partial charge >= 0.3 is 78.1 Å². The first-order chi connectivity index (χ1) is 10.8. The number of nitrogens with zero attached hydrogens (tertiary/aromatic N) is 1. The number of hydrogen-bond donors (Lipinski definition) is 0. The monoisotopic (exact) mass is 397 g/mol. The molecule has 0 spiro atoms. The van der Waals surface area contributed by atoms with Crippen LogP contribution in [0, 0.1) is 13.8 Å². The predicted octanol–water partition coefficient (Wildman–Crippen LogP) is 2.41. The van der Waals surface area contributed by atoms with E-state index in [0.717, 1.165) is 12.1 Å². The van der Waals surface area contributed by atoms with Gasteiger partial charge in [-0.15, -0.1) is 0 Å². The fraction of sp³-hybridized carbons (Fsp3) is 0.235. The van der Waals surface area contributed by atoms with Crippen molar-refractivity contribution in [2.24, 2.45) is 0 Å². The predicted molar refractivity (Wildman–Crippen MR) is 90.6 cm³/mol. The molecule has 0 aliphatic heterocycles. The number of fused-ring (bicyclic) bond motifs is 1. The van der Waals surface area contributed by atoms with E-state index in [1.54, 1.807) is 12.1 Å². The van der Waals surface area contributed by atoms with Gasteiger partial charge in [0.25, 0.3) is 0 Å². The Morgan fingerprint density at radius 3 is 2.22 bits per heavy atom. The molecule has 1 aromatic heterocycles. The molecule has 0 N–H and O–H groups in total. The van der Waals surface area contributed by atoms with Crippen LogP contribution in [-0.2, 0) is 16.7 Å². The summed E-state index contributed by atoms with van der Waals surface area (Å²) in [6.45, 7) is 7.37. The molecule has 0 saturated carbocycles. The van der Waals surface area contributed by atoms with E-state index in [9.17, 15) is 13.0 Å². The third kappa shape index (κ3) is 4.52. The molecule has 6 heteroatoms. The molecule has 0 bridgehead atoms. The van der Waals surface area contributed by atoms with Crippen LogP contribution in [0.2, 0.25) is 0 Å². The summed E-state index contributed by atoms with van der Waals surface area (Å²) in [5, 5.41) is 0. The van der Waals surface area contributed by atoms with Gasteiger partial charge in [0.2, 0.25) is 0 Å². The molecular formula is C17H19NO3SSe. The molecule has 2 aromatic carbocycles. The van der Waals surface area contributed by atoms with Gasteiger partial charge in [0, 0.05) is 0 Å². The van der Waals surface area contributed by atoms with Crippen LogP contribution in [0.25, 0.3) is 9.78 Å². The van der Waals surface area contributed by atoms with E-state index in [-0.39, 0.29) is 4.90 Å². The molecular weight excluding hydrogens is 377 g/mol. The van der Waals surface area contributed by atoms with E-state index < -0.39 is 10.1 Å². The molecule has 3 aromatic rings. The summed E-state index contributed by atoms with van der Waals surface area (Å²) in [4.78, 5) is -0.178. The Morgan fingerprint density at radius 1 is 1.04 bits per heavy atom. The molecule has 23 heavy (non-hydrogen) atoms. The van der Waals surface area contributed by atoms with Crippen molar-refractivity contribution in [3.8, 4) is 0 Å². The standard InChI is InChI=1S/C10H12NSe.C7H8O3S/c1-3-11-8(2)12-10-7-5-4-6-9(10)11;1-6-2-4-7(5-3-6)11(8,9)10/h4-7H,3H2,1-2H3;2-5H,1H3,(H,8,9,10)/q+1;/p-1. The summed E-state index contributed by atoms with van der Waals surface area (Å²) in [5.74, 6) is 0. The fourth-order valence-electron chi connectivity index (χ4n) is 2.25. The van der Waals surface area contributed by atoms with Crippen molar-refractivity contribution in [3.05, 3.63) is 58.7 Å². The molecule has 0 aliphatic rings.